The van der Waals surface area contributed by atoms with Crippen LogP contribution in [0.2, 0.25) is 0 Å². The van der Waals surface area contributed by atoms with Crippen molar-refractivity contribution in [1.82, 2.24) is 4.90 Å². The van der Waals surface area contributed by atoms with Gasteiger partial charge in [-0.25, -0.2) is 0 Å². The van der Waals surface area contributed by atoms with Crippen LogP contribution in [0.1, 0.15) is 6.92 Å². The highest BCUT2D eigenvalue weighted by Crippen LogP contribution is 2.23. The molecule has 1 fully saturated rings. The van der Waals surface area contributed by atoms with E-state index in [0.717, 1.165) is 16.2 Å². The van der Waals surface area contributed by atoms with E-state index in [0.29, 0.717) is 6.54 Å². The summed E-state index contributed by atoms with van der Waals surface area (Å²) in [5.41, 5.74) is 0. The van der Waals surface area contributed by atoms with Crippen LogP contribution >= 0.6 is 27.7 Å². The second-order valence-electron chi connectivity index (χ2n) is 3.73. The molecule has 8 heteroatoms. The number of thioether (sulfide) groups is 1. The summed E-state index contributed by atoms with van der Waals surface area (Å²) < 4.78 is 28.8. The van der Waals surface area contributed by atoms with Crippen molar-refractivity contribution in [2.45, 2.75) is 11.8 Å². The molecule has 1 aromatic rings. The molecule has 0 aliphatic carbocycles. The van der Waals surface area contributed by atoms with Crippen molar-refractivity contribution in [3.8, 4) is 0 Å². The van der Waals surface area contributed by atoms with Crippen LogP contribution in [-0.2, 0) is 14.8 Å². The summed E-state index contributed by atoms with van der Waals surface area (Å²) in [7, 11) is -3.77. The number of halogens is 1. The predicted molar refractivity (Wildman–Crippen MR) is 78.6 cm³/mol. The van der Waals surface area contributed by atoms with E-state index >= 15 is 0 Å². The zero-order valence-corrected chi connectivity index (χ0v) is 13.3. The van der Waals surface area contributed by atoms with Crippen molar-refractivity contribution in [2.24, 2.45) is 4.40 Å². The van der Waals surface area contributed by atoms with Crippen LogP contribution in [0.25, 0.3) is 0 Å². The lowest BCUT2D eigenvalue weighted by atomic mass is 10.4. The zero-order valence-electron chi connectivity index (χ0n) is 10.0. The number of rotatable bonds is 3. The summed E-state index contributed by atoms with van der Waals surface area (Å²) in [4.78, 5) is 13.0. The molecule has 0 bridgehead atoms. The first-order valence-electron chi connectivity index (χ1n) is 5.48. The van der Waals surface area contributed by atoms with Gasteiger partial charge in [0.05, 0.1) is 10.6 Å². The van der Waals surface area contributed by atoms with Gasteiger partial charge in [0.25, 0.3) is 10.0 Å². The van der Waals surface area contributed by atoms with Crippen LogP contribution in [0.3, 0.4) is 0 Å². The number of benzene rings is 1. The zero-order chi connectivity index (χ0) is 14.0. The highest BCUT2D eigenvalue weighted by atomic mass is 79.9. The van der Waals surface area contributed by atoms with E-state index in [-0.39, 0.29) is 21.7 Å². The predicted octanol–water partition coefficient (Wildman–Crippen LogP) is 2.09. The molecule has 0 atom stereocenters. The second kappa shape index (κ2) is 5.64. The van der Waals surface area contributed by atoms with E-state index in [1.165, 1.54) is 17.0 Å². The fraction of sp³-hybridized carbons (Fsp3) is 0.273. The molecule has 0 aromatic heterocycles. The number of carbonyl (C=O) groups excluding carboxylic acids is 1. The summed E-state index contributed by atoms with van der Waals surface area (Å²) >= 11 is 4.39. The number of hydrogen-bond donors (Lipinski definition) is 0. The van der Waals surface area contributed by atoms with Crippen molar-refractivity contribution in [2.75, 3.05) is 12.3 Å². The number of amidine groups is 1. The van der Waals surface area contributed by atoms with E-state index in [2.05, 4.69) is 20.3 Å². The van der Waals surface area contributed by atoms with Gasteiger partial charge in [-0.2, -0.15) is 8.42 Å². The van der Waals surface area contributed by atoms with Gasteiger partial charge in [0.1, 0.15) is 0 Å². The monoisotopic (exact) mass is 362 g/mol. The molecule has 1 heterocycles. The maximum atomic E-state index is 12.1. The minimum Gasteiger partial charge on any atom is -0.290 e. The van der Waals surface area contributed by atoms with Crippen LogP contribution in [0.15, 0.2) is 38.0 Å². The highest BCUT2D eigenvalue weighted by molar-refractivity contribution is 9.10. The molecular formula is C11H11BrN2O3S2. The minimum absolute atomic E-state index is 0.110. The molecule has 0 spiro atoms. The van der Waals surface area contributed by atoms with E-state index in [4.69, 9.17) is 0 Å². The van der Waals surface area contributed by atoms with Crippen molar-refractivity contribution in [1.29, 1.82) is 0 Å². The first-order valence-corrected chi connectivity index (χ1v) is 8.69. The number of carbonyl (C=O) groups is 1. The summed E-state index contributed by atoms with van der Waals surface area (Å²) in [5.74, 6) is 0.125. The Balaban J connectivity index is 2.36. The van der Waals surface area contributed by atoms with Gasteiger partial charge in [0.15, 0.2) is 5.17 Å². The molecule has 1 aromatic carbocycles. The van der Waals surface area contributed by atoms with Gasteiger partial charge in [-0.15, -0.1) is 4.40 Å². The van der Waals surface area contributed by atoms with Crippen molar-refractivity contribution < 1.29 is 13.2 Å². The molecule has 1 aliphatic heterocycles. The van der Waals surface area contributed by atoms with E-state index in [9.17, 15) is 13.2 Å². The Hall–Kier alpha value is -0.860. The second-order valence-corrected chi connectivity index (χ2v) is 7.19. The first kappa shape index (κ1) is 14.5. The molecule has 0 unspecified atom stereocenters. The Morgan fingerprint density at radius 2 is 2.00 bits per heavy atom. The van der Waals surface area contributed by atoms with Gasteiger partial charge in [0.2, 0.25) is 5.91 Å². The molecule has 1 aliphatic rings. The fourth-order valence-electron chi connectivity index (χ4n) is 1.54. The first-order chi connectivity index (χ1) is 8.94. The maximum Gasteiger partial charge on any atom is 0.284 e. The van der Waals surface area contributed by atoms with Crippen LogP contribution < -0.4 is 0 Å². The Labute approximate surface area is 124 Å². The van der Waals surface area contributed by atoms with Crippen LogP contribution in [0.4, 0.5) is 0 Å². The van der Waals surface area contributed by atoms with E-state index in [1.54, 1.807) is 19.1 Å². The molecule has 102 valence electrons. The molecule has 0 saturated carbocycles. The molecule has 19 heavy (non-hydrogen) atoms. The molecule has 0 radical (unpaired) electrons. The summed E-state index contributed by atoms with van der Waals surface area (Å²) in [5, 5.41) is 0.246. The largest absolute Gasteiger partial charge is 0.290 e. The van der Waals surface area contributed by atoms with Crippen LogP contribution in [-0.4, -0.2) is 36.7 Å². The number of hydrogen-bond acceptors (Lipinski definition) is 4. The number of amides is 1. The van der Waals surface area contributed by atoms with Gasteiger partial charge < -0.3 is 0 Å². The highest BCUT2D eigenvalue weighted by Gasteiger charge is 2.29. The van der Waals surface area contributed by atoms with Crippen molar-refractivity contribution in [3.63, 3.8) is 0 Å². The van der Waals surface area contributed by atoms with Gasteiger partial charge in [-0.1, -0.05) is 27.7 Å². The lowest BCUT2D eigenvalue weighted by Crippen LogP contribution is -2.29. The van der Waals surface area contributed by atoms with E-state index < -0.39 is 10.0 Å². The lowest BCUT2D eigenvalue weighted by Gasteiger charge is -2.12. The van der Waals surface area contributed by atoms with Crippen molar-refractivity contribution >= 4 is 48.8 Å². The van der Waals surface area contributed by atoms with Gasteiger partial charge in [-0.05, 0) is 31.2 Å². The van der Waals surface area contributed by atoms with Gasteiger partial charge in [-0.3, -0.25) is 9.69 Å². The lowest BCUT2D eigenvalue weighted by molar-refractivity contribution is -0.123. The Kier molecular flexibility index (Phi) is 4.32. The van der Waals surface area contributed by atoms with Gasteiger partial charge >= 0.3 is 0 Å². The topological polar surface area (TPSA) is 66.8 Å². The Bertz CT molecular complexity index is 626. The summed E-state index contributed by atoms with van der Waals surface area (Å²) in [6, 6.07) is 6.22. The SMILES string of the molecule is CCN1C(=O)CSC1=NS(=O)(=O)c1ccc(Br)cc1. The van der Waals surface area contributed by atoms with Crippen molar-refractivity contribution in [3.05, 3.63) is 28.7 Å². The summed E-state index contributed by atoms with van der Waals surface area (Å²) in [6.07, 6.45) is 0. The van der Waals surface area contributed by atoms with Crippen LogP contribution in [0, 0.1) is 0 Å². The van der Waals surface area contributed by atoms with Gasteiger partial charge in [0, 0.05) is 11.0 Å². The molecule has 2 rings (SSSR count). The van der Waals surface area contributed by atoms with E-state index in [1.807, 2.05) is 0 Å². The Morgan fingerprint density at radius 3 is 2.58 bits per heavy atom. The third-order valence-electron chi connectivity index (χ3n) is 2.48. The average molecular weight is 363 g/mol. The quantitative estimate of drug-likeness (QED) is 0.825. The smallest absolute Gasteiger partial charge is 0.284 e. The maximum absolute atomic E-state index is 12.1. The number of nitrogens with zero attached hydrogens (tertiary/aromatic N) is 2. The third kappa shape index (κ3) is 3.18. The molecule has 5 nitrogen and oxygen atoms in total. The Morgan fingerprint density at radius 1 is 1.37 bits per heavy atom. The molecular weight excluding hydrogens is 352 g/mol. The fourth-order valence-corrected chi connectivity index (χ4v) is 3.99. The van der Waals surface area contributed by atoms with Crippen LogP contribution in [0.5, 0.6) is 0 Å². The standard InChI is InChI=1S/C11H11BrN2O3S2/c1-2-14-10(15)7-18-11(14)13-19(16,17)9-5-3-8(12)4-6-9/h3-6H,2,7H2,1H3. The molecule has 0 N–H and O–H groups in total. The average Bonchev–Trinajstić information content (AvgIpc) is 2.69. The summed E-state index contributed by atoms with van der Waals surface area (Å²) in [6.45, 7) is 2.20. The normalized spacial score (nSPS) is 18.3. The third-order valence-corrected chi connectivity index (χ3v) is 5.37. The number of sulfonamides is 1. The minimum atomic E-state index is -3.77. The molecule has 1 amide bonds. The molecule has 1 saturated heterocycles.